The molecule has 2 aliphatic heterocycles. The lowest BCUT2D eigenvalue weighted by molar-refractivity contribution is 0.0981. The zero-order valence-electron chi connectivity index (χ0n) is 17.4. The standard InChI is InChI=1S/C25H24N2O3S/c1-18-16-21-17-22(13-14-24(21)27(18)25(28)20-9-3-2-4-10-20)31(29,30)26-15-7-11-19-8-5-6-12-23(19)26/h2-6,8-10,12-14,17-18H,7,11,15-16H2,1H3/t18-/m1/s1. The van der Waals surface area contributed by atoms with E-state index in [4.69, 9.17) is 0 Å². The third-order valence-electron chi connectivity index (χ3n) is 6.16. The molecule has 0 fully saturated rings. The van der Waals surface area contributed by atoms with Crippen LogP contribution in [-0.4, -0.2) is 26.9 Å². The summed E-state index contributed by atoms with van der Waals surface area (Å²) in [5.41, 5.74) is 4.14. The molecule has 0 spiro atoms. The zero-order valence-corrected chi connectivity index (χ0v) is 18.2. The van der Waals surface area contributed by atoms with Crippen molar-refractivity contribution in [1.29, 1.82) is 0 Å². The van der Waals surface area contributed by atoms with E-state index in [1.165, 1.54) is 4.31 Å². The summed E-state index contributed by atoms with van der Waals surface area (Å²) in [4.78, 5) is 15.1. The van der Waals surface area contributed by atoms with Gasteiger partial charge in [-0.2, -0.15) is 0 Å². The van der Waals surface area contributed by atoms with E-state index >= 15 is 0 Å². The van der Waals surface area contributed by atoms with Crippen molar-refractivity contribution in [2.75, 3.05) is 15.7 Å². The minimum Gasteiger partial charge on any atom is -0.305 e. The Balaban J connectivity index is 1.51. The van der Waals surface area contributed by atoms with Gasteiger partial charge in [0.1, 0.15) is 0 Å². The number of benzene rings is 3. The molecule has 2 heterocycles. The number of carbonyl (C=O) groups excluding carboxylic acids is 1. The van der Waals surface area contributed by atoms with Crippen LogP contribution in [0, 0.1) is 0 Å². The van der Waals surface area contributed by atoms with Gasteiger partial charge in [0, 0.05) is 23.8 Å². The highest BCUT2D eigenvalue weighted by Gasteiger charge is 2.34. The first kappa shape index (κ1) is 19.8. The summed E-state index contributed by atoms with van der Waals surface area (Å²) in [5, 5.41) is 0. The van der Waals surface area contributed by atoms with E-state index in [2.05, 4.69) is 0 Å². The molecule has 3 aromatic carbocycles. The van der Waals surface area contributed by atoms with Crippen molar-refractivity contribution in [1.82, 2.24) is 0 Å². The fraction of sp³-hybridized carbons (Fsp3) is 0.240. The Labute approximate surface area is 183 Å². The predicted octanol–water partition coefficient (Wildman–Crippen LogP) is 4.42. The number of hydrogen-bond acceptors (Lipinski definition) is 3. The average molecular weight is 433 g/mol. The number of sulfonamides is 1. The molecule has 0 saturated carbocycles. The van der Waals surface area contributed by atoms with E-state index in [-0.39, 0.29) is 16.8 Å². The first-order chi connectivity index (χ1) is 15.0. The number of aryl methyl sites for hydroxylation is 1. The fourth-order valence-electron chi connectivity index (χ4n) is 4.67. The van der Waals surface area contributed by atoms with Crippen molar-refractivity contribution in [2.24, 2.45) is 0 Å². The van der Waals surface area contributed by atoms with Gasteiger partial charge >= 0.3 is 0 Å². The van der Waals surface area contributed by atoms with Crippen LogP contribution in [0.3, 0.4) is 0 Å². The van der Waals surface area contributed by atoms with Crippen LogP contribution in [0.15, 0.2) is 77.7 Å². The number of fused-ring (bicyclic) bond motifs is 2. The highest BCUT2D eigenvalue weighted by atomic mass is 32.2. The number of para-hydroxylation sites is 1. The van der Waals surface area contributed by atoms with E-state index in [0.717, 1.165) is 35.3 Å². The molecule has 0 N–H and O–H groups in total. The van der Waals surface area contributed by atoms with Crippen molar-refractivity contribution in [3.05, 3.63) is 89.5 Å². The second kappa shape index (κ2) is 7.54. The molecule has 0 unspecified atom stereocenters. The normalized spacial score (nSPS) is 17.9. The first-order valence-corrected chi connectivity index (χ1v) is 12.0. The monoisotopic (exact) mass is 432 g/mol. The average Bonchev–Trinajstić information content (AvgIpc) is 3.13. The maximum atomic E-state index is 13.5. The minimum atomic E-state index is -3.67. The third-order valence-corrected chi connectivity index (χ3v) is 7.97. The molecule has 0 radical (unpaired) electrons. The molecule has 0 bridgehead atoms. The summed E-state index contributed by atoms with van der Waals surface area (Å²) < 4.78 is 28.6. The lowest BCUT2D eigenvalue weighted by Crippen LogP contribution is -2.36. The Morgan fingerprint density at radius 1 is 0.903 bits per heavy atom. The van der Waals surface area contributed by atoms with Crippen LogP contribution >= 0.6 is 0 Å². The molecule has 6 heteroatoms. The van der Waals surface area contributed by atoms with E-state index in [1.54, 1.807) is 35.2 Å². The van der Waals surface area contributed by atoms with E-state index < -0.39 is 10.0 Å². The summed E-state index contributed by atoms with van der Waals surface area (Å²) in [5.74, 6) is -0.0626. The molecule has 5 nitrogen and oxygen atoms in total. The van der Waals surface area contributed by atoms with Gasteiger partial charge in [-0.25, -0.2) is 8.42 Å². The molecule has 5 rings (SSSR count). The Hall–Kier alpha value is -3.12. The van der Waals surface area contributed by atoms with Crippen LogP contribution in [-0.2, 0) is 22.9 Å². The molecular formula is C25H24N2O3S. The summed E-state index contributed by atoms with van der Waals surface area (Å²) in [6.07, 6.45) is 2.33. The zero-order chi connectivity index (χ0) is 21.6. The number of hydrogen-bond donors (Lipinski definition) is 0. The number of rotatable bonds is 3. The molecule has 1 amide bonds. The van der Waals surface area contributed by atoms with Crippen LogP contribution in [0.25, 0.3) is 0 Å². The van der Waals surface area contributed by atoms with E-state index in [9.17, 15) is 13.2 Å². The SMILES string of the molecule is C[C@@H]1Cc2cc(S(=O)(=O)N3CCCc4ccccc43)ccc2N1C(=O)c1ccccc1. The molecule has 0 aromatic heterocycles. The van der Waals surface area contributed by atoms with Crippen LogP contribution in [0.5, 0.6) is 0 Å². The van der Waals surface area contributed by atoms with Crippen LogP contribution < -0.4 is 9.21 Å². The van der Waals surface area contributed by atoms with E-state index in [0.29, 0.717) is 18.5 Å². The summed E-state index contributed by atoms with van der Waals surface area (Å²) in [6.45, 7) is 2.47. The van der Waals surface area contributed by atoms with Crippen molar-refractivity contribution < 1.29 is 13.2 Å². The highest BCUT2D eigenvalue weighted by Crippen LogP contribution is 2.37. The molecule has 31 heavy (non-hydrogen) atoms. The molecule has 1 atom stereocenters. The Bertz CT molecular complexity index is 1250. The van der Waals surface area contributed by atoms with Crippen molar-refractivity contribution >= 4 is 27.3 Å². The van der Waals surface area contributed by atoms with Gasteiger partial charge in [-0.3, -0.25) is 9.10 Å². The van der Waals surface area contributed by atoms with Crippen molar-refractivity contribution in [3.63, 3.8) is 0 Å². The summed E-state index contributed by atoms with van der Waals surface area (Å²) in [6, 6.07) is 22.0. The molecular weight excluding hydrogens is 408 g/mol. The predicted molar refractivity (Wildman–Crippen MR) is 122 cm³/mol. The Morgan fingerprint density at radius 3 is 2.45 bits per heavy atom. The van der Waals surface area contributed by atoms with Gasteiger partial charge in [0.2, 0.25) is 0 Å². The smallest absolute Gasteiger partial charge is 0.264 e. The Kier molecular flexibility index (Phi) is 4.82. The largest absolute Gasteiger partial charge is 0.305 e. The number of amides is 1. The molecule has 2 aliphatic rings. The second-order valence-corrected chi connectivity index (χ2v) is 10.1. The second-order valence-electron chi connectivity index (χ2n) is 8.19. The van der Waals surface area contributed by atoms with Gasteiger partial charge < -0.3 is 4.90 Å². The van der Waals surface area contributed by atoms with Crippen LogP contribution in [0.2, 0.25) is 0 Å². The number of carbonyl (C=O) groups is 1. The van der Waals surface area contributed by atoms with Gasteiger partial charge in [-0.05, 0) is 73.7 Å². The summed E-state index contributed by atoms with van der Waals surface area (Å²) in [7, 11) is -3.67. The van der Waals surface area contributed by atoms with Gasteiger partial charge in [0.05, 0.1) is 10.6 Å². The third kappa shape index (κ3) is 3.31. The maximum absolute atomic E-state index is 13.5. The molecule has 3 aromatic rings. The minimum absolute atomic E-state index is 0.0311. The quantitative estimate of drug-likeness (QED) is 0.616. The number of anilines is 2. The van der Waals surface area contributed by atoms with Crippen molar-refractivity contribution in [3.8, 4) is 0 Å². The maximum Gasteiger partial charge on any atom is 0.264 e. The van der Waals surface area contributed by atoms with Gasteiger partial charge in [-0.15, -0.1) is 0 Å². The van der Waals surface area contributed by atoms with Gasteiger partial charge in [0.15, 0.2) is 0 Å². The topological polar surface area (TPSA) is 57.7 Å². The fourth-order valence-corrected chi connectivity index (χ4v) is 6.27. The highest BCUT2D eigenvalue weighted by molar-refractivity contribution is 7.92. The molecule has 0 saturated heterocycles. The van der Waals surface area contributed by atoms with Crippen LogP contribution in [0.4, 0.5) is 11.4 Å². The lowest BCUT2D eigenvalue weighted by atomic mass is 10.0. The summed E-state index contributed by atoms with van der Waals surface area (Å²) >= 11 is 0. The van der Waals surface area contributed by atoms with Gasteiger partial charge in [0.25, 0.3) is 15.9 Å². The van der Waals surface area contributed by atoms with Crippen LogP contribution in [0.1, 0.15) is 34.8 Å². The van der Waals surface area contributed by atoms with Crippen molar-refractivity contribution in [2.45, 2.75) is 37.1 Å². The molecule has 0 aliphatic carbocycles. The number of nitrogens with zero attached hydrogens (tertiary/aromatic N) is 2. The van der Waals surface area contributed by atoms with Gasteiger partial charge in [-0.1, -0.05) is 36.4 Å². The Morgan fingerprint density at radius 2 is 1.65 bits per heavy atom. The van der Waals surface area contributed by atoms with E-state index in [1.807, 2.05) is 49.4 Å². The molecule has 158 valence electrons. The first-order valence-electron chi connectivity index (χ1n) is 10.6. The lowest BCUT2D eigenvalue weighted by Gasteiger charge is -2.30.